The normalized spacial score (nSPS) is 11.6. The molecule has 6 heteroatoms. The minimum Gasteiger partial charge on any atom is -0.406 e. The van der Waals surface area contributed by atoms with Gasteiger partial charge < -0.3 is 15.0 Å². The van der Waals surface area contributed by atoms with Crippen LogP contribution in [0.15, 0.2) is 42.7 Å². The largest absolute Gasteiger partial charge is 0.573 e. The molecule has 0 amide bonds. The van der Waals surface area contributed by atoms with E-state index in [4.69, 9.17) is 5.73 Å². The van der Waals surface area contributed by atoms with Crippen LogP contribution >= 0.6 is 0 Å². The molecule has 1 aromatic carbocycles. The summed E-state index contributed by atoms with van der Waals surface area (Å²) in [5, 5.41) is 0. The number of hydrogen-bond acceptors (Lipinski definition) is 2. The Morgan fingerprint density at radius 1 is 1.05 bits per heavy atom. The lowest BCUT2D eigenvalue weighted by atomic mass is 10.2. The highest BCUT2D eigenvalue weighted by Gasteiger charge is 2.30. The van der Waals surface area contributed by atoms with Crippen molar-refractivity contribution < 1.29 is 17.9 Å². The van der Waals surface area contributed by atoms with E-state index in [-0.39, 0.29) is 5.75 Å². The Labute approximate surface area is 114 Å². The van der Waals surface area contributed by atoms with Gasteiger partial charge in [0.25, 0.3) is 0 Å². The van der Waals surface area contributed by atoms with Gasteiger partial charge in [0.1, 0.15) is 5.75 Å². The summed E-state index contributed by atoms with van der Waals surface area (Å²) < 4.78 is 41.9. The molecule has 0 saturated heterocycles. The summed E-state index contributed by atoms with van der Waals surface area (Å²) >= 11 is 0. The summed E-state index contributed by atoms with van der Waals surface area (Å²) in [5.74, 6) is -0.211. The van der Waals surface area contributed by atoms with Crippen molar-refractivity contribution in [3.63, 3.8) is 0 Å². The third-order valence-corrected chi connectivity index (χ3v) is 2.77. The lowest BCUT2D eigenvalue weighted by molar-refractivity contribution is -0.274. The van der Waals surface area contributed by atoms with Crippen molar-refractivity contribution in [1.82, 2.24) is 4.57 Å². The Balaban J connectivity index is 1.99. The van der Waals surface area contributed by atoms with Crippen LogP contribution in [0.3, 0.4) is 0 Å². The van der Waals surface area contributed by atoms with Crippen molar-refractivity contribution in [1.29, 1.82) is 0 Å². The van der Waals surface area contributed by atoms with E-state index >= 15 is 0 Å². The van der Waals surface area contributed by atoms with E-state index in [9.17, 15) is 13.2 Å². The summed E-state index contributed by atoms with van der Waals surface area (Å²) in [6, 6.07) is 7.83. The number of benzene rings is 1. The monoisotopic (exact) mass is 284 g/mol. The molecular weight excluding hydrogens is 269 g/mol. The molecule has 1 aromatic heterocycles. The van der Waals surface area contributed by atoms with E-state index in [1.807, 2.05) is 23.0 Å². The predicted molar refractivity (Wildman–Crippen MR) is 69.4 cm³/mol. The molecule has 0 bridgehead atoms. The quantitative estimate of drug-likeness (QED) is 0.917. The van der Waals surface area contributed by atoms with Crippen molar-refractivity contribution in [3.8, 4) is 5.75 Å². The Morgan fingerprint density at radius 3 is 2.35 bits per heavy atom. The van der Waals surface area contributed by atoms with Crippen LogP contribution < -0.4 is 10.5 Å². The number of nitrogens with zero attached hydrogens (tertiary/aromatic N) is 1. The van der Waals surface area contributed by atoms with Crippen LogP contribution in [0.2, 0.25) is 0 Å². The summed E-state index contributed by atoms with van der Waals surface area (Å²) in [6.07, 6.45) is 0.0581. The number of rotatable bonds is 5. The van der Waals surface area contributed by atoms with Crippen LogP contribution in [0.25, 0.3) is 0 Å². The van der Waals surface area contributed by atoms with Gasteiger partial charge in [-0.15, -0.1) is 13.2 Å². The van der Waals surface area contributed by atoms with Crippen LogP contribution in [-0.2, 0) is 13.0 Å². The van der Waals surface area contributed by atoms with Crippen LogP contribution in [0.4, 0.5) is 13.2 Å². The lowest BCUT2D eigenvalue weighted by Crippen LogP contribution is -2.17. The second kappa shape index (κ2) is 6.00. The molecule has 2 rings (SSSR count). The second-order valence-corrected chi connectivity index (χ2v) is 4.42. The summed E-state index contributed by atoms with van der Waals surface area (Å²) in [4.78, 5) is 0. The highest BCUT2D eigenvalue weighted by molar-refractivity contribution is 5.28. The Kier molecular flexibility index (Phi) is 4.34. The first-order chi connectivity index (χ1) is 9.46. The smallest absolute Gasteiger partial charge is 0.406 e. The number of nitrogens with two attached hydrogens (primary N) is 1. The fraction of sp³-hybridized carbons (Fsp3) is 0.286. The molecule has 3 nitrogen and oxygen atoms in total. The van der Waals surface area contributed by atoms with E-state index in [2.05, 4.69) is 4.74 Å². The molecule has 108 valence electrons. The maximum atomic E-state index is 12.0. The van der Waals surface area contributed by atoms with Gasteiger partial charge in [0, 0.05) is 18.9 Å². The molecule has 0 radical (unpaired) electrons. The molecule has 0 aliphatic rings. The van der Waals surface area contributed by atoms with Crippen molar-refractivity contribution in [2.24, 2.45) is 5.73 Å². The molecular formula is C14H15F3N2O. The zero-order chi connectivity index (χ0) is 14.6. The number of aromatic nitrogens is 1. The van der Waals surface area contributed by atoms with Crippen molar-refractivity contribution >= 4 is 0 Å². The zero-order valence-electron chi connectivity index (χ0n) is 10.7. The molecule has 0 fully saturated rings. The van der Waals surface area contributed by atoms with Crippen molar-refractivity contribution in [2.45, 2.75) is 19.3 Å². The maximum Gasteiger partial charge on any atom is 0.573 e. The van der Waals surface area contributed by atoms with Crippen LogP contribution in [-0.4, -0.2) is 17.5 Å². The van der Waals surface area contributed by atoms with E-state index in [0.717, 1.165) is 17.5 Å². The average Bonchev–Trinajstić information content (AvgIpc) is 2.78. The Bertz CT molecular complexity index is 546. The minimum absolute atomic E-state index is 0.211. The molecule has 0 spiro atoms. The SMILES string of the molecule is NCCc1ccn(Cc2ccc(OC(F)(F)F)cc2)c1. The summed E-state index contributed by atoms with van der Waals surface area (Å²) in [5.41, 5.74) is 7.52. The van der Waals surface area contributed by atoms with Crippen LogP contribution in [0.1, 0.15) is 11.1 Å². The molecule has 0 aliphatic heterocycles. The lowest BCUT2D eigenvalue weighted by Gasteiger charge is -2.09. The first-order valence-corrected chi connectivity index (χ1v) is 6.16. The number of ether oxygens (including phenoxy) is 1. The van der Waals surface area contributed by atoms with Gasteiger partial charge in [-0.1, -0.05) is 12.1 Å². The van der Waals surface area contributed by atoms with Crippen LogP contribution in [0, 0.1) is 0 Å². The van der Waals surface area contributed by atoms with Gasteiger partial charge in [-0.05, 0) is 42.3 Å². The highest BCUT2D eigenvalue weighted by Crippen LogP contribution is 2.23. The molecule has 0 saturated carbocycles. The third-order valence-electron chi connectivity index (χ3n) is 2.77. The third kappa shape index (κ3) is 4.31. The first kappa shape index (κ1) is 14.5. The molecule has 2 aromatic rings. The van der Waals surface area contributed by atoms with Gasteiger partial charge in [-0.3, -0.25) is 0 Å². The standard InChI is InChI=1S/C14H15F3N2O/c15-14(16,17)20-13-3-1-11(2-4-13)9-19-8-6-12(10-19)5-7-18/h1-4,6,8,10H,5,7,9,18H2. The molecule has 2 N–H and O–H groups in total. The van der Waals surface area contributed by atoms with Gasteiger partial charge in [-0.25, -0.2) is 0 Å². The van der Waals surface area contributed by atoms with Crippen molar-refractivity contribution in [2.75, 3.05) is 6.54 Å². The summed E-state index contributed by atoms with van der Waals surface area (Å²) in [6.45, 7) is 1.18. The molecule has 0 unspecified atom stereocenters. The van der Waals surface area contributed by atoms with Gasteiger partial charge in [-0.2, -0.15) is 0 Å². The Hall–Kier alpha value is -1.95. The van der Waals surface area contributed by atoms with E-state index in [1.54, 1.807) is 12.1 Å². The van der Waals surface area contributed by atoms with E-state index in [1.165, 1.54) is 12.1 Å². The Morgan fingerprint density at radius 2 is 1.75 bits per heavy atom. The highest BCUT2D eigenvalue weighted by atomic mass is 19.4. The second-order valence-electron chi connectivity index (χ2n) is 4.42. The van der Waals surface area contributed by atoms with Gasteiger partial charge >= 0.3 is 6.36 Å². The number of halogens is 3. The van der Waals surface area contributed by atoms with E-state index < -0.39 is 6.36 Å². The average molecular weight is 284 g/mol. The molecule has 0 atom stereocenters. The first-order valence-electron chi connectivity index (χ1n) is 6.16. The fourth-order valence-electron chi connectivity index (χ4n) is 1.91. The number of alkyl halides is 3. The number of hydrogen-bond donors (Lipinski definition) is 1. The van der Waals surface area contributed by atoms with E-state index in [0.29, 0.717) is 13.1 Å². The van der Waals surface area contributed by atoms with Gasteiger partial charge in [0.15, 0.2) is 0 Å². The predicted octanol–water partition coefficient (Wildman–Crippen LogP) is 2.94. The van der Waals surface area contributed by atoms with Crippen molar-refractivity contribution in [3.05, 3.63) is 53.9 Å². The summed E-state index contributed by atoms with van der Waals surface area (Å²) in [7, 11) is 0. The zero-order valence-corrected chi connectivity index (χ0v) is 10.7. The maximum absolute atomic E-state index is 12.0. The van der Waals surface area contributed by atoms with Gasteiger partial charge in [0.05, 0.1) is 0 Å². The fourth-order valence-corrected chi connectivity index (χ4v) is 1.91. The molecule has 0 aliphatic carbocycles. The van der Waals surface area contributed by atoms with Crippen LogP contribution in [0.5, 0.6) is 5.75 Å². The topological polar surface area (TPSA) is 40.2 Å². The minimum atomic E-state index is -4.65. The van der Waals surface area contributed by atoms with Gasteiger partial charge in [0.2, 0.25) is 0 Å². The molecule has 20 heavy (non-hydrogen) atoms. The molecule has 1 heterocycles.